The Morgan fingerprint density at radius 2 is 1.00 bits per heavy atom. The van der Waals surface area contributed by atoms with E-state index in [2.05, 4.69) is 100 Å². The van der Waals surface area contributed by atoms with Crippen molar-refractivity contribution in [2.45, 2.75) is 38.9 Å². The van der Waals surface area contributed by atoms with E-state index < -0.39 is 18.3 Å². The summed E-state index contributed by atoms with van der Waals surface area (Å²) in [4.78, 5) is 10.1. The Labute approximate surface area is 230 Å². The van der Waals surface area contributed by atoms with Crippen LogP contribution in [0.4, 0.5) is 0 Å². The largest absolute Gasteiger partial charge is 0.494 e. The van der Waals surface area contributed by atoms with Gasteiger partial charge in [-0.15, -0.1) is 0 Å². The molecule has 4 aromatic carbocycles. The third-order valence-electron chi connectivity index (χ3n) is 7.73. The first kappa shape index (κ1) is 25.2. The van der Waals surface area contributed by atoms with Crippen molar-refractivity contribution in [3.8, 4) is 45.0 Å². The quantitative estimate of drug-likeness (QED) is 0.231. The topological polar surface area (TPSA) is 44.2 Å². The molecule has 0 amide bonds. The highest BCUT2D eigenvalue weighted by atomic mass is 16.7. The predicted molar refractivity (Wildman–Crippen MR) is 159 cm³/mol. The molecule has 39 heavy (non-hydrogen) atoms. The van der Waals surface area contributed by atoms with Crippen LogP contribution >= 0.6 is 0 Å². The maximum Gasteiger partial charge on any atom is 0.494 e. The molecule has 1 fully saturated rings. The van der Waals surface area contributed by atoms with Crippen LogP contribution in [0.2, 0.25) is 0 Å². The SMILES string of the molecule is CC1(C)OB(c2cccc(-c3nc(-c4ccccc4)cc(-c4cccc(-c5ccccc5)c4)n3)c2)OC1(C)C. The van der Waals surface area contributed by atoms with Crippen LogP contribution in [-0.4, -0.2) is 28.3 Å². The third-order valence-corrected chi connectivity index (χ3v) is 7.73. The van der Waals surface area contributed by atoms with E-state index in [0.29, 0.717) is 5.82 Å². The second-order valence-electron chi connectivity index (χ2n) is 11.0. The van der Waals surface area contributed by atoms with Gasteiger partial charge in [0.2, 0.25) is 0 Å². The van der Waals surface area contributed by atoms with E-state index in [9.17, 15) is 0 Å². The van der Waals surface area contributed by atoms with E-state index in [1.165, 1.54) is 5.56 Å². The van der Waals surface area contributed by atoms with Gasteiger partial charge < -0.3 is 9.31 Å². The van der Waals surface area contributed by atoms with E-state index in [1.54, 1.807) is 0 Å². The zero-order valence-corrected chi connectivity index (χ0v) is 22.8. The molecule has 5 heteroatoms. The van der Waals surface area contributed by atoms with Crippen LogP contribution in [0.15, 0.2) is 115 Å². The Balaban J connectivity index is 1.44. The fourth-order valence-electron chi connectivity index (χ4n) is 4.77. The van der Waals surface area contributed by atoms with Crippen LogP contribution in [-0.2, 0) is 9.31 Å². The molecule has 0 saturated carbocycles. The molecule has 0 atom stereocenters. The molecule has 0 radical (unpaired) electrons. The van der Waals surface area contributed by atoms with Gasteiger partial charge in [-0.3, -0.25) is 0 Å². The highest BCUT2D eigenvalue weighted by molar-refractivity contribution is 6.62. The Kier molecular flexibility index (Phi) is 6.42. The second-order valence-corrected chi connectivity index (χ2v) is 11.0. The zero-order valence-electron chi connectivity index (χ0n) is 22.8. The maximum atomic E-state index is 6.32. The van der Waals surface area contributed by atoms with Gasteiger partial charge in [-0.05, 0) is 56.4 Å². The van der Waals surface area contributed by atoms with Crippen molar-refractivity contribution in [3.05, 3.63) is 115 Å². The summed E-state index contributed by atoms with van der Waals surface area (Å²) in [5.41, 5.74) is 7.21. The summed E-state index contributed by atoms with van der Waals surface area (Å²) < 4.78 is 12.6. The van der Waals surface area contributed by atoms with Crippen LogP contribution < -0.4 is 5.46 Å². The molecule has 5 aromatic rings. The van der Waals surface area contributed by atoms with Crippen molar-refractivity contribution < 1.29 is 9.31 Å². The standard InChI is InChI=1S/C34H31BN2O2/c1-33(2)34(3,4)39-35(38-33)29-20-12-19-28(22-29)32-36-30(25-15-9-6-10-16-25)23-31(37-32)27-18-11-17-26(21-27)24-13-7-5-8-14-24/h5-23H,1-4H3. The minimum atomic E-state index is -0.450. The average molecular weight is 510 g/mol. The average Bonchev–Trinajstić information content (AvgIpc) is 3.20. The highest BCUT2D eigenvalue weighted by Gasteiger charge is 2.51. The summed E-state index contributed by atoms with van der Waals surface area (Å²) in [6, 6.07) is 39.4. The molecule has 0 N–H and O–H groups in total. The summed E-state index contributed by atoms with van der Waals surface area (Å²) >= 11 is 0. The van der Waals surface area contributed by atoms with E-state index in [-0.39, 0.29) is 0 Å². The molecule has 6 rings (SSSR count). The second kappa shape index (κ2) is 9.92. The molecule has 0 spiro atoms. The van der Waals surface area contributed by atoms with Crippen LogP contribution in [0.1, 0.15) is 27.7 Å². The van der Waals surface area contributed by atoms with Crippen molar-refractivity contribution in [3.63, 3.8) is 0 Å². The Hall–Kier alpha value is -4.06. The van der Waals surface area contributed by atoms with Crippen LogP contribution in [0.25, 0.3) is 45.0 Å². The van der Waals surface area contributed by atoms with Crippen molar-refractivity contribution in [2.75, 3.05) is 0 Å². The zero-order chi connectivity index (χ0) is 27.0. The lowest BCUT2D eigenvalue weighted by Crippen LogP contribution is -2.41. The maximum absolute atomic E-state index is 6.32. The first-order valence-electron chi connectivity index (χ1n) is 13.4. The van der Waals surface area contributed by atoms with E-state index in [0.717, 1.165) is 39.1 Å². The molecule has 4 nitrogen and oxygen atoms in total. The number of rotatable bonds is 5. The van der Waals surface area contributed by atoms with Gasteiger partial charge >= 0.3 is 7.12 Å². The number of hydrogen-bond donors (Lipinski definition) is 0. The van der Waals surface area contributed by atoms with E-state index in [4.69, 9.17) is 19.3 Å². The molecule has 0 aliphatic carbocycles. The Morgan fingerprint density at radius 1 is 0.487 bits per heavy atom. The summed E-state index contributed by atoms with van der Waals surface area (Å²) in [6.07, 6.45) is 0. The van der Waals surface area contributed by atoms with E-state index >= 15 is 0 Å². The molecule has 192 valence electrons. The normalized spacial score (nSPS) is 15.8. The molecule has 0 bridgehead atoms. The smallest absolute Gasteiger partial charge is 0.399 e. The van der Waals surface area contributed by atoms with Gasteiger partial charge in [0.1, 0.15) is 0 Å². The van der Waals surface area contributed by atoms with Gasteiger partial charge in [-0.1, -0.05) is 103 Å². The molecule has 1 aliphatic rings. The Morgan fingerprint density at radius 3 is 1.67 bits per heavy atom. The van der Waals surface area contributed by atoms with Crippen molar-refractivity contribution >= 4 is 12.6 Å². The summed E-state index contributed by atoms with van der Waals surface area (Å²) in [6.45, 7) is 8.27. The van der Waals surface area contributed by atoms with Crippen molar-refractivity contribution in [1.29, 1.82) is 0 Å². The number of benzene rings is 4. The summed E-state index contributed by atoms with van der Waals surface area (Å²) in [5, 5.41) is 0. The van der Waals surface area contributed by atoms with Gasteiger partial charge in [0.25, 0.3) is 0 Å². The molecule has 1 aromatic heterocycles. The predicted octanol–water partition coefficient (Wildman–Crippen LogP) is 7.44. The lowest BCUT2D eigenvalue weighted by Gasteiger charge is -2.32. The van der Waals surface area contributed by atoms with Crippen molar-refractivity contribution in [1.82, 2.24) is 9.97 Å². The fraction of sp³-hybridized carbons (Fsp3) is 0.176. The van der Waals surface area contributed by atoms with Crippen LogP contribution in [0.3, 0.4) is 0 Å². The monoisotopic (exact) mass is 510 g/mol. The first-order valence-corrected chi connectivity index (χ1v) is 13.4. The van der Waals surface area contributed by atoms with Gasteiger partial charge in [0.05, 0.1) is 22.6 Å². The van der Waals surface area contributed by atoms with Crippen LogP contribution in [0.5, 0.6) is 0 Å². The minimum Gasteiger partial charge on any atom is -0.399 e. The molecule has 1 saturated heterocycles. The number of hydrogen-bond acceptors (Lipinski definition) is 4. The first-order chi connectivity index (χ1) is 18.8. The summed E-state index contributed by atoms with van der Waals surface area (Å²) in [5.74, 6) is 0.662. The lowest BCUT2D eigenvalue weighted by molar-refractivity contribution is 0.00578. The van der Waals surface area contributed by atoms with Crippen molar-refractivity contribution in [2.24, 2.45) is 0 Å². The molecular formula is C34H31BN2O2. The third kappa shape index (κ3) is 5.03. The molecule has 0 unspecified atom stereocenters. The summed E-state index contributed by atoms with van der Waals surface area (Å²) in [7, 11) is -0.450. The fourth-order valence-corrected chi connectivity index (χ4v) is 4.77. The lowest BCUT2D eigenvalue weighted by atomic mass is 9.78. The molecule has 1 aliphatic heterocycles. The minimum absolute atomic E-state index is 0.408. The highest BCUT2D eigenvalue weighted by Crippen LogP contribution is 2.37. The molecular weight excluding hydrogens is 479 g/mol. The van der Waals surface area contributed by atoms with Gasteiger partial charge in [-0.2, -0.15) is 0 Å². The number of aromatic nitrogens is 2. The number of nitrogens with zero attached hydrogens (tertiary/aromatic N) is 2. The van der Waals surface area contributed by atoms with Gasteiger partial charge in [0.15, 0.2) is 5.82 Å². The van der Waals surface area contributed by atoms with E-state index in [1.807, 2.05) is 42.5 Å². The van der Waals surface area contributed by atoms with Gasteiger partial charge in [0, 0.05) is 16.7 Å². The van der Waals surface area contributed by atoms with Gasteiger partial charge in [-0.25, -0.2) is 9.97 Å². The molecule has 2 heterocycles. The van der Waals surface area contributed by atoms with Crippen LogP contribution in [0, 0.1) is 0 Å². The Bertz CT molecular complexity index is 1600.